The van der Waals surface area contributed by atoms with Crippen molar-refractivity contribution in [1.29, 1.82) is 0 Å². The van der Waals surface area contributed by atoms with E-state index in [1.165, 1.54) is 12.1 Å². The Morgan fingerprint density at radius 2 is 1.68 bits per heavy atom. The lowest BCUT2D eigenvalue weighted by Gasteiger charge is -2.17. The summed E-state index contributed by atoms with van der Waals surface area (Å²) in [6.45, 7) is 8.94. The normalized spacial score (nSPS) is 13.1. The second-order valence-electron chi connectivity index (χ2n) is 6.59. The van der Waals surface area contributed by atoms with Gasteiger partial charge in [-0.1, -0.05) is 26.5 Å². The highest BCUT2D eigenvalue weighted by atomic mass is 19.1. The Labute approximate surface area is 160 Å². The molecule has 1 N–H and O–H groups in total. The molecule has 0 amide bonds. The number of carboxylic acid groups (broad SMARTS) is 1. The van der Waals surface area contributed by atoms with E-state index in [9.17, 15) is 23.1 Å². The van der Waals surface area contributed by atoms with E-state index in [2.05, 4.69) is 6.58 Å². The van der Waals surface area contributed by atoms with Gasteiger partial charge in [0.1, 0.15) is 23.3 Å². The van der Waals surface area contributed by atoms with Crippen LogP contribution >= 0.6 is 0 Å². The van der Waals surface area contributed by atoms with Crippen LogP contribution in [0.15, 0.2) is 42.5 Å². The predicted molar refractivity (Wildman–Crippen MR) is 101 cm³/mol. The van der Waals surface area contributed by atoms with Crippen LogP contribution in [0.5, 0.6) is 0 Å². The lowest BCUT2D eigenvalue weighted by atomic mass is 9.89. The van der Waals surface area contributed by atoms with Crippen LogP contribution in [0.2, 0.25) is 0 Å². The maximum absolute atomic E-state index is 15.1. The van der Waals surface area contributed by atoms with Gasteiger partial charge in [0.25, 0.3) is 0 Å². The highest BCUT2D eigenvalue weighted by Crippen LogP contribution is 2.36. The van der Waals surface area contributed by atoms with Gasteiger partial charge in [0.05, 0.1) is 11.1 Å². The van der Waals surface area contributed by atoms with Gasteiger partial charge in [0.15, 0.2) is 0 Å². The van der Waals surface area contributed by atoms with E-state index in [1.54, 1.807) is 6.92 Å². The number of benzene rings is 2. The van der Waals surface area contributed by atoms with Crippen LogP contribution in [-0.4, -0.2) is 11.1 Å². The average molecular weight is 392 g/mol. The van der Waals surface area contributed by atoms with Crippen molar-refractivity contribution in [3.8, 4) is 0 Å². The summed E-state index contributed by atoms with van der Waals surface area (Å²) < 4.78 is 56.8. The molecule has 2 aromatic carbocycles. The van der Waals surface area contributed by atoms with E-state index in [0.29, 0.717) is 24.1 Å². The summed E-state index contributed by atoms with van der Waals surface area (Å²) in [7, 11) is 0. The van der Waals surface area contributed by atoms with Crippen molar-refractivity contribution in [2.24, 2.45) is 5.92 Å². The SMILES string of the molecule is C=C(c1cc(C(=O)O)ccc1/C(F)=C(/C)C(C)CC)c1c(F)cc(F)cc1F. The van der Waals surface area contributed by atoms with Gasteiger partial charge in [-0.05, 0) is 48.1 Å². The zero-order valence-electron chi connectivity index (χ0n) is 15.7. The summed E-state index contributed by atoms with van der Waals surface area (Å²) in [5.74, 6) is -5.53. The van der Waals surface area contributed by atoms with Gasteiger partial charge >= 0.3 is 5.97 Å². The first-order chi connectivity index (χ1) is 13.1. The number of rotatable bonds is 6. The summed E-state index contributed by atoms with van der Waals surface area (Å²) in [5.41, 5.74) is -0.809. The molecule has 0 saturated carbocycles. The highest BCUT2D eigenvalue weighted by molar-refractivity contribution is 5.93. The standard InChI is InChI=1S/C22H20F4O2/c1-5-11(2)12(3)21(26)16-7-6-14(22(27)28)8-17(16)13(4)20-18(24)9-15(23)10-19(20)25/h6-11H,4-5H2,1-3H3,(H,27,28)/b21-12+. The third-order valence-electron chi connectivity index (χ3n) is 4.83. The molecule has 0 fully saturated rings. The van der Waals surface area contributed by atoms with Crippen LogP contribution < -0.4 is 0 Å². The minimum atomic E-state index is -1.29. The Balaban J connectivity index is 2.76. The second-order valence-corrected chi connectivity index (χ2v) is 6.59. The molecule has 0 saturated heterocycles. The molecule has 0 radical (unpaired) electrons. The van der Waals surface area contributed by atoms with Crippen LogP contribution in [0.25, 0.3) is 11.4 Å². The number of hydrogen-bond donors (Lipinski definition) is 1. The fourth-order valence-corrected chi connectivity index (χ4v) is 2.82. The van der Waals surface area contributed by atoms with E-state index >= 15 is 4.39 Å². The number of hydrogen-bond acceptors (Lipinski definition) is 1. The molecule has 1 atom stereocenters. The molecule has 28 heavy (non-hydrogen) atoms. The Morgan fingerprint density at radius 1 is 1.11 bits per heavy atom. The first kappa shape index (κ1) is 21.4. The van der Waals surface area contributed by atoms with Crippen LogP contribution in [0, 0.1) is 23.4 Å². The van der Waals surface area contributed by atoms with Crippen molar-refractivity contribution in [1.82, 2.24) is 0 Å². The molecular weight excluding hydrogens is 372 g/mol. The summed E-state index contributed by atoms with van der Waals surface area (Å²) in [4.78, 5) is 11.3. The minimum Gasteiger partial charge on any atom is -0.478 e. The quantitative estimate of drug-likeness (QED) is 0.562. The Morgan fingerprint density at radius 3 is 2.18 bits per heavy atom. The number of halogens is 4. The van der Waals surface area contributed by atoms with Crippen LogP contribution in [-0.2, 0) is 0 Å². The van der Waals surface area contributed by atoms with Gasteiger partial charge in [-0.3, -0.25) is 0 Å². The number of carboxylic acids is 1. The van der Waals surface area contributed by atoms with E-state index in [0.717, 1.165) is 6.07 Å². The van der Waals surface area contributed by atoms with Gasteiger partial charge in [-0.25, -0.2) is 22.4 Å². The molecule has 0 aliphatic heterocycles. The van der Waals surface area contributed by atoms with Crippen molar-refractivity contribution >= 4 is 17.4 Å². The molecule has 0 spiro atoms. The first-order valence-electron chi connectivity index (χ1n) is 8.66. The largest absolute Gasteiger partial charge is 0.478 e. The topological polar surface area (TPSA) is 37.3 Å². The Bertz CT molecular complexity index is 953. The smallest absolute Gasteiger partial charge is 0.335 e. The lowest BCUT2D eigenvalue weighted by molar-refractivity contribution is 0.0697. The van der Waals surface area contributed by atoms with Gasteiger partial charge in [0.2, 0.25) is 0 Å². The van der Waals surface area contributed by atoms with Crippen LogP contribution in [0.4, 0.5) is 17.6 Å². The summed E-state index contributed by atoms with van der Waals surface area (Å²) in [6, 6.07) is 4.52. The molecule has 0 aliphatic carbocycles. The second kappa shape index (κ2) is 8.42. The predicted octanol–water partition coefficient (Wildman–Crippen LogP) is 6.61. The van der Waals surface area contributed by atoms with E-state index in [1.807, 2.05) is 13.8 Å². The fraction of sp³-hybridized carbons (Fsp3) is 0.227. The maximum atomic E-state index is 15.1. The lowest BCUT2D eigenvalue weighted by Crippen LogP contribution is -2.05. The van der Waals surface area contributed by atoms with Gasteiger partial charge in [-0.15, -0.1) is 0 Å². The highest BCUT2D eigenvalue weighted by Gasteiger charge is 2.22. The summed E-state index contributed by atoms with van der Waals surface area (Å²) in [6.07, 6.45) is 0.671. The van der Waals surface area contributed by atoms with Crippen molar-refractivity contribution < 1.29 is 27.5 Å². The third kappa shape index (κ3) is 4.16. The molecule has 6 heteroatoms. The fourth-order valence-electron chi connectivity index (χ4n) is 2.82. The summed E-state index contributed by atoms with van der Waals surface area (Å²) in [5, 5.41) is 9.24. The zero-order chi connectivity index (χ0) is 21.2. The van der Waals surface area contributed by atoms with Crippen LogP contribution in [0.1, 0.15) is 54.2 Å². The number of allylic oxidation sites excluding steroid dienone is 1. The van der Waals surface area contributed by atoms with Crippen molar-refractivity contribution in [3.05, 3.63) is 82.2 Å². The Kier molecular flexibility index (Phi) is 6.44. The molecule has 2 rings (SSSR count). The van der Waals surface area contributed by atoms with E-state index in [-0.39, 0.29) is 28.2 Å². The first-order valence-corrected chi connectivity index (χ1v) is 8.66. The van der Waals surface area contributed by atoms with Crippen molar-refractivity contribution in [2.45, 2.75) is 27.2 Å². The van der Waals surface area contributed by atoms with Crippen molar-refractivity contribution in [2.75, 3.05) is 0 Å². The molecule has 2 nitrogen and oxygen atoms in total. The molecule has 0 aliphatic rings. The van der Waals surface area contributed by atoms with Crippen LogP contribution in [0.3, 0.4) is 0 Å². The molecule has 0 heterocycles. The third-order valence-corrected chi connectivity index (χ3v) is 4.83. The average Bonchev–Trinajstić information content (AvgIpc) is 2.64. The summed E-state index contributed by atoms with van der Waals surface area (Å²) >= 11 is 0. The van der Waals surface area contributed by atoms with Gasteiger partial charge in [0, 0.05) is 17.7 Å². The zero-order valence-corrected chi connectivity index (χ0v) is 15.7. The minimum absolute atomic E-state index is 0.0316. The molecule has 1 unspecified atom stereocenters. The molecule has 2 aromatic rings. The Hall–Kier alpha value is -2.89. The van der Waals surface area contributed by atoms with Gasteiger partial charge < -0.3 is 5.11 Å². The van der Waals surface area contributed by atoms with E-state index in [4.69, 9.17) is 0 Å². The number of aromatic carboxylic acids is 1. The molecular formula is C22H20F4O2. The van der Waals surface area contributed by atoms with Crippen molar-refractivity contribution in [3.63, 3.8) is 0 Å². The molecule has 0 bridgehead atoms. The maximum Gasteiger partial charge on any atom is 0.335 e. The molecule has 0 aromatic heterocycles. The van der Waals surface area contributed by atoms with E-state index < -0.39 is 34.8 Å². The molecule has 148 valence electrons. The monoisotopic (exact) mass is 392 g/mol. The van der Waals surface area contributed by atoms with Gasteiger partial charge in [-0.2, -0.15) is 0 Å². The number of carbonyl (C=O) groups is 1.